The third-order valence-corrected chi connectivity index (χ3v) is 9.28. The highest BCUT2D eigenvalue weighted by atomic mass is 28.3. The van der Waals surface area contributed by atoms with E-state index in [9.17, 15) is 9.90 Å². The molecule has 2 aliphatic rings. The van der Waals surface area contributed by atoms with Gasteiger partial charge in [0, 0.05) is 47.4 Å². The van der Waals surface area contributed by atoms with Gasteiger partial charge in [-0.3, -0.25) is 0 Å². The summed E-state index contributed by atoms with van der Waals surface area (Å²) in [6, 6.07) is 10.6. The van der Waals surface area contributed by atoms with Gasteiger partial charge in [0.15, 0.2) is 0 Å². The minimum absolute atomic E-state index is 0.0470. The van der Waals surface area contributed by atoms with Gasteiger partial charge in [-0.05, 0) is 29.7 Å². The molecule has 1 aliphatic carbocycles. The highest BCUT2D eigenvalue weighted by molar-refractivity contribution is 6.76. The second-order valence-electron chi connectivity index (χ2n) is 11.5. The first-order valence-electron chi connectivity index (χ1n) is 13.1. The number of fused-ring (bicyclic) bond motifs is 2. The van der Waals surface area contributed by atoms with Gasteiger partial charge in [-0.25, -0.2) is 14.8 Å². The lowest BCUT2D eigenvalue weighted by atomic mass is 10.1. The Morgan fingerprint density at radius 1 is 1.24 bits per heavy atom. The molecule has 1 saturated heterocycles. The van der Waals surface area contributed by atoms with Crippen molar-refractivity contribution < 1.29 is 14.6 Å². The van der Waals surface area contributed by atoms with Crippen LogP contribution in [0.4, 0.5) is 10.6 Å². The van der Waals surface area contributed by atoms with Crippen LogP contribution in [-0.2, 0) is 17.9 Å². The number of hydrogen-bond donors (Lipinski definition) is 2. The molecule has 198 valence electrons. The summed E-state index contributed by atoms with van der Waals surface area (Å²) in [6.45, 7) is 9.79. The van der Waals surface area contributed by atoms with Crippen LogP contribution in [0.3, 0.4) is 0 Å². The number of aliphatic hydroxyl groups excluding tert-OH is 1. The van der Waals surface area contributed by atoms with Gasteiger partial charge in [-0.1, -0.05) is 43.9 Å². The molecule has 37 heavy (non-hydrogen) atoms. The fourth-order valence-electron chi connectivity index (χ4n) is 5.29. The number of nitrogens with one attached hydrogen (secondary N) is 1. The maximum absolute atomic E-state index is 13.1. The smallest absolute Gasteiger partial charge is 0.318 e. The molecule has 1 unspecified atom stereocenters. The fourth-order valence-corrected chi connectivity index (χ4v) is 6.04. The number of aromatic nitrogens is 3. The Hall–Kier alpha value is -2.95. The second-order valence-corrected chi connectivity index (χ2v) is 17.1. The lowest BCUT2D eigenvalue weighted by molar-refractivity contribution is 0.0899. The summed E-state index contributed by atoms with van der Waals surface area (Å²) in [6.07, 6.45) is 4.43. The van der Waals surface area contributed by atoms with Crippen molar-refractivity contribution in [2.75, 3.05) is 31.6 Å². The summed E-state index contributed by atoms with van der Waals surface area (Å²) in [5, 5.41) is 14.6. The summed E-state index contributed by atoms with van der Waals surface area (Å²) in [5.41, 5.74) is 2.96. The molecule has 0 spiro atoms. The van der Waals surface area contributed by atoms with Gasteiger partial charge < -0.3 is 29.5 Å². The van der Waals surface area contributed by atoms with Crippen LogP contribution in [-0.4, -0.2) is 77.5 Å². The summed E-state index contributed by atoms with van der Waals surface area (Å²) in [5.74, 6) is 0.891. The van der Waals surface area contributed by atoms with Gasteiger partial charge in [0.1, 0.15) is 24.5 Å². The van der Waals surface area contributed by atoms with E-state index < -0.39 is 14.2 Å². The van der Waals surface area contributed by atoms with Gasteiger partial charge in [0.2, 0.25) is 0 Å². The lowest BCUT2D eigenvalue weighted by Gasteiger charge is -2.28. The highest BCUT2D eigenvalue weighted by Crippen LogP contribution is 2.32. The predicted molar refractivity (Wildman–Crippen MR) is 147 cm³/mol. The highest BCUT2D eigenvalue weighted by Gasteiger charge is 2.35. The second kappa shape index (κ2) is 10.4. The Kier molecular flexibility index (Phi) is 7.24. The topological polar surface area (TPSA) is 95.8 Å². The number of carbonyl (C=O) groups excluding carboxylic acids is 1. The van der Waals surface area contributed by atoms with E-state index >= 15 is 0 Å². The number of urea groups is 1. The quantitative estimate of drug-likeness (QED) is 0.347. The van der Waals surface area contributed by atoms with Crippen molar-refractivity contribution in [3.05, 3.63) is 54.0 Å². The van der Waals surface area contributed by atoms with Crippen molar-refractivity contribution >= 4 is 31.0 Å². The zero-order valence-electron chi connectivity index (χ0n) is 22.2. The van der Waals surface area contributed by atoms with Crippen LogP contribution in [0.5, 0.6) is 0 Å². The van der Waals surface area contributed by atoms with Crippen LogP contribution in [0.15, 0.2) is 42.9 Å². The first-order chi connectivity index (χ1) is 17.7. The summed E-state index contributed by atoms with van der Waals surface area (Å²) < 4.78 is 7.97. The molecule has 0 radical (unpaired) electrons. The molecule has 3 atom stereocenters. The monoisotopic (exact) mass is 522 g/mol. The average molecular weight is 523 g/mol. The van der Waals surface area contributed by atoms with E-state index in [0.29, 0.717) is 19.7 Å². The fraction of sp³-hybridized carbons (Fsp3) is 0.519. The minimum Gasteiger partial charge on any atom is -0.390 e. The van der Waals surface area contributed by atoms with Crippen LogP contribution in [0.25, 0.3) is 11.0 Å². The first kappa shape index (κ1) is 25.7. The van der Waals surface area contributed by atoms with Crippen molar-refractivity contribution in [3.8, 4) is 0 Å². The first-order valence-corrected chi connectivity index (χ1v) is 16.8. The third kappa shape index (κ3) is 5.51. The number of likely N-dealkylation sites (N-methyl/N-ethyl adjacent to an activating group) is 1. The van der Waals surface area contributed by atoms with Crippen molar-refractivity contribution in [2.24, 2.45) is 0 Å². The zero-order valence-corrected chi connectivity index (χ0v) is 23.2. The van der Waals surface area contributed by atoms with E-state index in [1.807, 2.05) is 42.1 Å². The van der Waals surface area contributed by atoms with Crippen LogP contribution in [0, 0.1) is 0 Å². The largest absolute Gasteiger partial charge is 0.390 e. The molecular weight excluding hydrogens is 484 g/mol. The van der Waals surface area contributed by atoms with E-state index in [4.69, 9.17) is 4.74 Å². The molecule has 2 amide bonds. The Labute approximate surface area is 219 Å². The van der Waals surface area contributed by atoms with E-state index in [0.717, 1.165) is 53.6 Å². The van der Waals surface area contributed by atoms with Gasteiger partial charge in [-0.15, -0.1) is 0 Å². The summed E-state index contributed by atoms with van der Waals surface area (Å²) >= 11 is 0. The zero-order chi connectivity index (χ0) is 26.2. The van der Waals surface area contributed by atoms with Crippen molar-refractivity contribution in [1.29, 1.82) is 0 Å². The third-order valence-electron chi connectivity index (χ3n) is 7.58. The molecule has 3 aromatic rings. The number of hydrogen-bond acceptors (Lipinski definition) is 6. The van der Waals surface area contributed by atoms with Gasteiger partial charge in [0.05, 0.1) is 23.6 Å². The van der Waals surface area contributed by atoms with E-state index in [2.05, 4.69) is 45.9 Å². The van der Waals surface area contributed by atoms with E-state index in [1.165, 1.54) is 0 Å². The van der Waals surface area contributed by atoms with Crippen LogP contribution in [0.2, 0.25) is 25.7 Å². The molecular formula is C27H38N6O3Si. The average Bonchev–Trinajstić information content (AvgIpc) is 3.58. The minimum atomic E-state index is -1.12. The number of carbonyl (C=O) groups is 1. The molecule has 1 aliphatic heterocycles. The van der Waals surface area contributed by atoms with Crippen LogP contribution < -0.4 is 10.2 Å². The summed E-state index contributed by atoms with van der Waals surface area (Å²) in [7, 11) is 0.709. The Morgan fingerprint density at radius 3 is 2.86 bits per heavy atom. The Bertz CT molecular complexity index is 1260. The van der Waals surface area contributed by atoms with Gasteiger partial charge in [-0.2, -0.15) is 0 Å². The molecule has 2 N–H and O–H groups in total. The molecule has 3 heterocycles. The van der Waals surface area contributed by atoms with Crippen LogP contribution >= 0.6 is 0 Å². The molecule has 2 aromatic heterocycles. The number of nitrogens with zero attached hydrogens (tertiary/aromatic N) is 5. The molecule has 5 rings (SSSR count). The van der Waals surface area contributed by atoms with E-state index in [1.54, 1.807) is 11.2 Å². The van der Waals surface area contributed by atoms with Gasteiger partial charge >= 0.3 is 6.03 Å². The Morgan fingerprint density at radius 2 is 2.05 bits per heavy atom. The number of amides is 2. The van der Waals surface area contributed by atoms with Gasteiger partial charge in [0.25, 0.3) is 0 Å². The maximum Gasteiger partial charge on any atom is 0.318 e. The van der Waals surface area contributed by atoms with Crippen molar-refractivity contribution in [3.63, 3.8) is 0 Å². The number of aliphatic hydroxyl groups is 1. The molecule has 1 aromatic carbocycles. The number of benzene rings is 1. The predicted octanol–water partition coefficient (Wildman–Crippen LogP) is 3.62. The normalized spacial score (nSPS) is 21.4. The molecule has 0 saturated carbocycles. The van der Waals surface area contributed by atoms with Crippen LogP contribution in [0.1, 0.15) is 23.6 Å². The molecule has 10 heteroatoms. The van der Waals surface area contributed by atoms with Crippen molar-refractivity contribution in [2.45, 2.75) is 63.4 Å². The standard InChI is InChI=1S/C27H38N6O3Si/c1-31(27(35)30-24-21-8-6-5-7-19(21)15-23(24)34)20-9-11-32(16-20)25-22-10-12-33(26(22)29-17-28-25)18-36-13-14-37(2,3)4/h5-8,10,12,17,20,23-24,34H,9,11,13-16,18H2,1-4H3,(H,30,35)/t20?,23-,24-/m1/s1. The number of ether oxygens (including phenoxy) is 1. The molecule has 1 fully saturated rings. The molecule has 0 bridgehead atoms. The Balaban J connectivity index is 1.21. The summed E-state index contributed by atoms with van der Waals surface area (Å²) in [4.78, 5) is 26.3. The van der Waals surface area contributed by atoms with E-state index in [-0.39, 0.29) is 18.1 Å². The SMILES string of the molecule is CN(C(=O)N[C@@H]1c2ccccc2C[C@H]1O)C1CCN(c2ncnc3c2ccn3COCC[Si](C)(C)C)C1. The number of rotatable bonds is 8. The number of anilines is 1. The molecule has 9 nitrogen and oxygen atoms in total. The lowest BCUT2D eigenvalue weighted by Crippen LogP contribution is -2.47. The van der Waals surface area contributed by atoms with Crippen molar-refractivity contribution in [1.82, 2.24) is 24.8 Å². The maximum atomic E-state index is 13.1.